The van der Waals surface area contributed by atoms with Crippen LogP contribution in [-0.2, 0) is 19.2 Å². The molecule has 2 N–H and O–H groups in total. The summed E-state index contributed by atoms with van der Waals surface area (Å²) in [6.07, 6.45) is 0.454. The van der Waals surface area contributed by atoms with Gasteiger partial charge in [-0.15, -0.1) is 4.65 Å². The second-order valence-electron chi connectivity index (χ2n) is 7.93. The molecule has 138 valence electrons. The monoisotopic (exact) mass is 345 g/mol. The summed E-state index contributed by atoms with van der Waals surface area (Å²) in [5.74, 6) is -4.54. The molecule has 24 heavy (non-hydrogen) atoms. The van der Waals surface area contributed by atoms with Gasteiger partial charge in [0, 0.05) is 12.8 Å². The molecule has 0 radical (unpaired) electrons. The molecule has 1 saturated heterocycles. The van der Waals surface area contributed by atoms with Gasteiger partial charge in [-0.25, -0.2) is 4.79 Å². The zero-order valence-corrected chi connectivity index (χ0v) is 14.9. The number of carbonyl (C=O) groups excluding carboxylic acids is 2. The number of rotatable bonds is 6. The van der Waals surface area contributed by atoms with Crippen molar-refractivity contribution in [2.24, 2.45) is 0 Å². The van der Waals surface area contributed by atoms with Crippen molar-refractivity contribution >= 4 is 17.9 Å². The average Bonchev–Trinajstić information content (AvgIpc) is 2.34. The van der Waals surface area contributed by atoms with Gasteiger partial charge in [-0.05, 0) is 34.1 Å². The molecule has 0 spiro atoms. The van der Waals surface area contributed by atoms with Crippen LogP contribution in [0.25, 0.3) is 0 Å². The SMILES string of the molecule is CC1(C)CCCC(C)(C)[N+]1(C)OC(=O)CC(O)(CC(=O)O)C(=O)[O-]. The van der Waals surface area contributed by atoms with Crippen LogP contribution in [-0.4, -0.2) is 56.5 Å². The van der Waals surface area contributed by atoms with Crippen LogP contribution < -0.4 is 5.11 Å². The van der Waals surface area contributed by atoms with Crippen molar-refractivity contribution in [1.29, 1.82) is 0 Å². The first kappa shape index (κ1) is 20.4. The molecule has 0 saturated carbocycles. The minimum absolute atomic E-state index is 0.0883. The van der Waals surface area contributed by atoms with Gasteiger partial charge in [0.05, 0.1) is 18.8 Å². The van der Waals surface area contributed by atoms with Crippen LogP contribution in [0.4, 0.5) is 0 Å². The summed E-state index contributed by atoms with van der Waals surface area (Å²) in [6.45, 7) is 7.79. The summed E-state index contributed by atoms with van der Waals surface area (Å²) in [6, 6.07) is 0. The third-order valence-electron chi connectivity index (χ3n) is 5.43. The van der Waals surface area contributed by atoms with E-state index in [9.17, 15) is 24.6 Å². The molecule has 1 heterocycles. The van der Waals surface area contributed by atoms with Crippen molar-refractivity contribution in [3.05, 3.63) is 0 Å². The van der Waals surface area contributed by atoms with Gasteiger partial charge in [-0.1, -0.05) is 0 Å². The average molecular weight is 345 g/mol. The van der Waals surface area contributed by atoms with Gasteiger partial charge in [-0.3, -0.25) is 9.63 Å². The Hall–Kier alpha value is -1.67. The number of carboxylic acid groups (broad SMARTS) is 2. The maximum Gasteiger partial charge on any atom is 0.370 e. The van der Waals surface area contributed by atoms with Crippen molar-refractivity contribution in [3.8, 4) is 0 Å². The normalized spacial score (nSPS) is 23.8. The molecule has 8 nitrogen and oxygen atoms in total. The number of carbonyl (C=O) groups is 3. The molecule has 1 unspecified atom stereocenters. The van der Waals surface area contributed by atoms with Gasteiger partial charge in [0.2, 0.25) is 0 Å². The van der Waals surface area contributed by atoms with Gasteiger partial charge in [0.15, 0.2) is 0 Å². The predicted molar refractivity (Wildman–Crippen MR) is 81.1 cm³/mol. The summed E-state index contributed by atoms with van der Waals surface area (Å²) >= 11 is 0. The first-order valence-corrected chi connectivity index (χ1v) is 7.92. The van der Waals surface area contributed by atoms with Gasteiger partial charge in [0.25, 0.3) is 0 Å². The Morgan fingerprint density at radius 3 is 1.96 bits per heavy atom. The maximum absolute atomic E-state index is 12.3. The molecule has 0 aromatic heterocycles. The first-order chi connectivity index (χ1) is 10.7. The molecule has 0 bridgehead atoms. The fourth-order valence-corrected chi connectivity index (χ4v) is 3.38. The highest BCUT2D eigenvalue weighted by atomic mass is 16.8. The molecule has 1 fully saturated rings. The lowest BCUT2D eigenvalue weighted by Crippen LogP contribution is -2.71. The number of hydrogen-bond donors (Lipinski definition) is 2. The second kappa shape index (κ2) is 6.33. The lowest BCUT2D eigenvalue weighted by Gasteiger charge is -2.55. The zero-order chi connectivity index (χ0) is 19.0. The van der Waals surface area contributed by atoms with Crippen LogP contribution in [0.1, 0.15) is 59.8 Å². The minimum Gasteiger partial charge on any atom is -0.547 e. The van der Waals surface area contributed by atoms with E-state index >= 15 is 0 Å². The molecule has 8 heteroatoms. The van der Waals surface area contributed by atoms with E-state index in [1.807, 2.05) is 27.7 Å². The molecule has 1 aliphatic heterocycles. The van der Waals surface area contributed by atoms with Crippen molar-refractivity contribution in [2.45, 2.75) is 76.5 Å². The van der Waals surface area contributed by atoms with Gasteiger partial charge in [0.1, 0.15) is 23.7 Å². The van der Waals surface area contributed by atoms with Gasteiger partial charge < -0.3 is 20.1 Å². The molecular formula is C16H27NO7. The van der Waals surface area contributed by atoms with Crippen LogP contribution in [0.2, 0.25) is 0 Å². The Labute approximate surface area is 141 Å². The Bertz CT molecular complexity index is 525. The highest BCUT2D eigenvalue weighted by Crippen LogP contribution is 2.44. The van der Waals surface area contributed by atoms with Crippen molar-refractivity contribution < 1.29 is 39.2 Å². The number of piperidine rings is 1. The number of likely N-dealkylation sites (tertiary alicyclic amines) is 1. The molecular weight excluding hydrogens is 318 g/mol. The van der Waals surface area contributed by atoms with Gasteiger partial charge >= 0.3 is 11.9 Å². The van der Waals surface area contributed by atoms with Crippen LogP contribution in [0.5, 0.6) is 0 Å². The summed E-state index contributed by atoms with van der Waals surface area (Å²) in [5, 5.41) is 29.8. The molecule has 1 aliphatic rings. The highest BCUT2D eigenvalue weighted by Gasteiger charge is 2.58. The number of aliphatic carboxylic acids is 2. The number of aliphatic hydroxyl groups is 1. The topological polar surface area (TPSA) is 124 Å². The van der Waals surface area contributed by atoms with Crippen LogP contribution in [0.15, 0.2) is 0 Å². The summed E-state index contributed by atoms with van der Waals surface area (Å²) in [7, 11) is 1.74. The summed E-state index contributed by atoms with van der Waals surface area (Å²) < 4.78 is -0.0883. The minimum atomic E-state index is -2.80. The lowest BCUT2D eigenvalue weighted by atomic mass is 9.79. The lowest BCUT2D eigenvalue weighted by molar-refractivity contribution is -1.15. The molecule has 0 amide bonds. The number of hydroxylamine groups is 3. The third-order valence-corrected chi connectivity index (χ3v) is 5.43. The third kappa shape index (κ3) is 3.70. The number of nitrogens with zero attached hydrogens (tertiary/aromatic N) is 1. The number of quaternary nitrogens is 1. The fourth-order valence-electron chi connectivity index (χ4n) is 3.38. The van der Waals surface area contributed by atoms with Crippen LogP contribution in [0, 0.1) is 0 Å². The second-order valence-corrected chi connectivity index (χ2v) is 7.93. The van der Waals surface area contributed by atoms with Crippen molar-refractivity contribution in [1.82, 2.24) is 0 Å². The van der Waals surface area contributed by atoms with E-state index in [1.54, 1.807) is 7.05 Å². The van der Waals surface area contributed by atoms with E-state index < -0.39 is 47.4 Å². The van der Waals surface area contributed by atoms with Crippen LogP contribution >= 0.6 is 0 Å². The first-order valence-electron chi connectivity index (χ1n) is 7.92. The largest absolute Gasteiger partial charge is 0.547 e. The maximum atomic E-state index is 12.3. The highest BCUT2D eigenvalue weighted by molar-refractivity contribution is 5.87. The Balaban J connectivity index is 3.03. The molecule has 0 aromatic carbocycles. The van der Waals surface area contributed by atoms with E-state index in [2.05, 4.69) is 0 Å². The number of carboxylic acids is 2. The summed E-state index contributed by atoms with van der Waals surface area (Å²) in [5.41, 5.74) is -3.63. The molecule has 0 aromatic rings. The fraction of sp³-hybridized carbons (Fsp3) is 0.812. The van der Waals surface area contributed by atoms with Crippen LogP contribution in [0.3, 0.4) is 0 Å². The van der Waals surface area contributed by atoms with Gasteiger partial charge in [-0.2, -0.15) is 0 Å². The van der Waals surface area contributed by atoms with E-state index in [-0.39, 0.29) is 4.65 Å². The smallest absolute Gasteiger partial charge is 0.370 e. The Kier molecular flexibility index (Phi) is 5.37. The Morgan fingerprint density at radius 2 is 1.58 bits per heavy atom. The zero-order valence-electron chi connectivity index (χ0n) is 14.9. The van der Waals surface area contributed by atoms with E-state index in [4.69, 9.17) is 9.94 Å². The van der Waals surface area contributed by atoms with Crippen molar-refractivity contribution in [3.63, 3.8) is 0 Å². The standard InChI is InChI=1S/C16H27NO7/c1-14(2)7-6-8-15(3,4)17(14,5)24-12(20)10-16(23,13(21)22)9-11(18)19/h23H,6-10H2,1-5H3,(H-,18,19,21,22). The van der Waals surface area contributed by atoms with Crippen molar-refractivity contribution in [2.75, 3.05) is 7.05 Å². The summed E-state index contributed by atoms with van der Waals surface area (Å²) in [4.78, 5) is 39.7. The molecule has 0 aliphatic carbocycles. The Morgan fingerprint density at radius 1 is 1.12 bits per heavy atom. The predicted octanol–water partition coefficient (Wildman–Crippen LogP) is -0.0219. The van der Waals surface area contributed by atoms with E-state index in [1.165, 1.54) is 0 Å². The quantitative estimate of drug-likeness (QED) is 0.648. The molecule has 1 rings (SSSR count). The molecule has 1 atom stereocenters. The van der Waals surface area contributed by atoms with E-state index in [0.717, 1.165) is 19.3 Å². The number of hydrogen-bond acceptors (Lipinski definition) is 6. The van der Waals surface area contributed by atoms with E-state index in [0.29, 0.717) is 0 Å².